The fourth-order valence-corrected chi connectivity index (χ4v) is 0.557. The summed E-state index contributed by atoms with van der Waals surface area (Å²) in [5.41, 5.74) is 0. The van der Waals surface area contributed by atoms with Crippen LogP contribution in [-0.2, 0) is 9.59 Å². The molecule has 0 atom stereocenters. The first-order chi connectivity index (χ1) is 5.85. The normalized spacial score (nSPS) is 7.42. The third-order valence-electron chi connectivity index (χ3n) is 1.03. The first-order valence-corrected chi connectivity index (χ1v) is 3.33. The molecule has 0 amide bonds. The van der Waals surface area contributed by atoms with E-state index in [9.17, 15) is 0 Å². The minimum Gasteiger partial charge on any atom is -0.497 e. The summed E-state index contributed by atoms with van der Waals surface area (Å²) in [5, 5.41) is 0. The van der Waals surface area contributed by atoms with Crippen molar-refractivity contribution in [3.8, 4) is 5.75 Å². The van der Waals surface area contributed by atoms with Crippen LogP contribution in [-0.4, -0.2) is 19.7 Å². The van der Waals surface area contributed by atoms with Crippen LogP contribution in [0, 0.1) is 0 Å². The highest BCUT2D eigenvalue weighted by Crippen LogP contribution is 2.05. The molecule has 0 spiro atoms. The second-order valence-corrected chi connectivity index (χ2v) is 1.79. The van der Waals surface area contributed by atoms with E-state index >= 15 is 0 Å². The van der Waals surface area contributed by atoms with Gasteiger partial charge in [0.05, 0.1) is 7.11 Å². The van der Waals surface area contributed by atoms with Gasteiger partial charge in [0.2, 0.25) is 0 Å². The lowest BCUT2D eigenvalue weighted by Crippen LogP contribution is -1.78. The number of hydrogen-bond donors (Lipinski definition) is 0. The summed E-state index contributed by atoms with van der Waals surface area (Å²) in [5.74, 6) is 0.910. The average molecular weight is 166 g/mol. The number of benzene rings is 1. The minimum atomic E-state index is 0.194. The van der Waals surface area contributed by atoms with Crippen molar-refractivity contribution in [2.45, 2.75) is 0 Å². The third-order valence-corrected chi connectivity index (χ3v) is 1.03. The second-order valence-electron chi connectivity index (χ2n) is 1.79. The highest BCUT2D eigenvalue weighted by atomic mass is 16.5. The molecule has 0 aliphatic rings. The highest BCUT2D eigenvalue weighted by molar-refractivity contribution is 6.09. The van der Waals surface area contributed by atoms with Crippen LogP contribution in [0.2, 0.25) is 0 Å². The van der Waals surface area contributed by atoms with E-state index in [4.69, 9.17) is 14.3 Å². The van der Waals surface area contributed by atoms with Crippen molar-refractivity contribution in [3.05, 3.63) is 30.3 Å². The van der Waals surface area contributed by atoms with Crippen molar-refractivity contribution in [2.24, 2.45) is 0 Å². The van der Waals surface area contributed by atoms with Crippen molar-refractivity contribution in [2.75, 3.05) is 7.11 Å². The Kier molecular flexibility index (Phi) is 6.45. The lowest BCUT2D eigenvalue weighted by Gasteiger charge is -1.93. The van der Waals surface area contributed by atoms with Gasteiger partial charge in [0, 0.05) is 0 Å². The van der Waals surface area contributed by atoms with Crippen molar-refractivity contribution in [1.29, 1.82) is 0 Å². The van der Waals surface area contributed by atoms with E-state index < -0.39 is 0 Å². The van der Waals surface area contributed by atoms with Crippen LogP contribution >= 0.6 is 0 Å². The number of carbonyl (C=O) groups excluding carboxylic acids is 2. The quantitative estimate of drug-likeness (QED) is 0.487. The van der Waals surface area contributed by atoms with Gasteiger partial charge in [-0.25, -0.2) is 0 Å². The maximum atomic E-state index is 8.81. The number of ether oxygens (including phenoxy) is 1. The number of para-hydroxylation sites is 1. The van der Waals surface area contributed by atoms with Gasteiger partial charge in [-0.05, 0) is 12.1 Å². The number of methoxy groups -OCH3 is 1. The molecule has 1 aromatic carbocycles. The zero-order chi connectivity index (χ0) is 9.23. The van der Waals surface area contributed by atoms with Crippen LogP contribution in [0.4, 0.5) is 0 Å². The molecule has 3 nitrogen and oxygen atoms in total. The van der Waals surface area contributed by atoms with E-state index in [0.29, 0.717) is 0 Å². The summed E-state index contributed by atoms with van der Waals surface area (Å²) in [7, 11) is 1.66. The van der Waals surface area contributed by atoms with E-state index in [-0.39, 0.29) is 12.6 Å². The Morgan fingerprint density at radius 1 is 1.08 bits per heavy atom. The SMILES string of the molecule is COc1ccccc1.O=CC=O. The molecule has 0 aliphatic carbocycles. The molecule has 0 fully saturated rings. The maximum Gasteiger partial charge on any atom is 0.182 e. The molecule has 0 saturated carbocycles. The molecule has 1 aromatic rings. The Morgan fingerprint density at radius 3 is 1.83 bits per heavy atom. The van der Waals surface area contributed by atoms with E-state index in [1.54, 1.807) is 7.11 Å². The van der Waals surface area contributed by atoms with Gasteiger partial charge in [-0.3, -0.25) is 9.59 Å². The lowest BCUT2D eigenvalue weighted by atomic mass is 10.3. The molecular weight excluding hydrogens is 156 g/mol. The minimum absolute atomic E-state index is 0.194. The molecule has 0 unspecified atom stereocenters. The summed E-state index contributed by atoms with van der Waals surface area (Å²) in [4.78, 5) is 17.6. The standard InChI is InChI=1S/C7H8O.C2H2O2/c1-8-7-5-3-2-4-6-7;3-1-2-4/h2-6H,1H3;1-2H. The fraction of sp³-hybridized carbons (Fsp3) is 0.111. The van der Waals surface area contributed by atoms with Crippen LogP contribution in [0.3, 0.4) is 0 Å². The molecule has 3 heteroatoms. The van der Waals surface area contributed by atoms with Crippen molar-refractivity contribution < 1.29 is 14.3 Å². The highest BCUT2D eigenvalue weighted by Gasteiger charge is 1.80. The molecule has 0 N–H and O–H groups in total. The Bertz CT molecular complexity index is 212. The molecule has 12 heavy (non-hydrogen) atoms. The van der Waals surface area contributed by atoms with Gasteiger partial charge >= 0.3 is 0 Å². The summed E-state index contributed by atoms with van der Waals surface area (Å²) in [6.45, 7) is 0. The molecule has 0 saturated heterocycles. The van der Waals surface area contributed by atoms with Gasteiger partial charge in [0.25, 0.3) is 0 Å². The largest absolute Gasteiger partial charge is 0.497 e. The topological polar surface area (TPSA) is 43.4 Å². The Balaban J connectivity index is 0.000000261. The first kappa shape index (κ1) is 10.4. The zero-order valence-corrected chi connectivity index (χ0v) is 6.77. The fourth-order valence-electron chi connectivity index (χ4n) is 0.557. The predicted octanol–water partition coefficient (Wildman–Crippen LogP) is 1.08. The molecule has 0 radical (unpaired) electrons. The van der Waals surface area contributed by atoms with E-state index in [2.05, 4.69) is 0 Å². The zero-order valence-electron chi connectivity index (χ0n) is 6.77. The van der Waals surface area contributed by atoms with Crippen molar-refractivity contribution >= 4 is 12.6 Å². The number of hydrogen-bond acceptors (Lipinski definition) is 3. The maximum absolute atomic E-state index is 8.81. The summed E-state index contributed by atoms with van der Waals surface area (Å²) < 4.78 is 4.91. The van der Waals surface area contributed by atoms with Gasteiger partial charge < -0.3 is 4.74 Å². The summed E-state index contributed by atoms with van der Waals surface area (Å²) in [6, 6.07) is 9.68. The molecule has 64 valence electrons. The molecule has 0 aliphatic heterocycles. The second kappa shape index (κ2) is 7.47. The van der Waals surface area contributed by atoms with Crippen LogP contribution < -0.4 is 4.74 Å². The van der Waals surface area contributed by atoms with E-state index in [0.717, 1.165) is 5.75 Å². The van der Waals surface area contributed by atoms with Gasteiger partial charge in [-0.2, -0.15) is 0 Å². The smallest absolute Gasteiger partial charge is 0.182 e. The van der Waals surface area contributed by atoms with Crippen molar-refractivity contribution in [3.63, 3.8) is 0 Å². The molecular formula is C9H10O3. The number of rotatable bonds is 2. The van der Waals surface area contributed by atoms with Crippen LogP contribution in [0.15, 0.2) is 30.3 Å². The van der Waals surface area contributed by atoms with Crippen LogP contribution in [0.25, 0.3) is 0 Å². The summed E-state index contributed by atoms with van der Waals surface area (Å²) in [6.07, 6.45) is 0.389. The predicted molar refractivity (Wildman–Crippen MR) is 45.1 cm³/mol. The van der Waals surface area contributed by atoms with E-state index in [1.807, 2.05) is 30.3 Å². The average Bonchev–Trinajstić information content (AvgIpc) is 2.19. The monoisotopic (exact) mass is 166 g/mol. The van der Waals surface area contributed by atoms with Gasteiger partial charge in [0.1, 0.15) is 5.75 Å². The third kappa shape index (κ3) is 5.17. The van der Waals surface area contributed by atoms with Crippen LogP contribution in [0.1, 0.15) is 0 Å². The van der Waals surface area contributed by atoms with Gasteiger partial charge in [0.15, 0.2) is 12.6 Å². The molecule has 0 aromatic heterocycles. The van der Waals surface area contributed by atoms with Gasteiger partial charge in [-0.15, -0.1) is 0 Å². The summed E-state index contributed by atoms with van der Waals surface area (Å²) >= 11 is 0. The first-order valence-electron chi connectivity index (χ1n) is 3.33. The number of carbonyl (C=O) groups is 2. The molecule has 1 rings (SSSR count). The number of aldehydes is 2. The molecule has 0 bridgehead atoms. The Hall–Kier alpha value is -1.64. The molecule has 0 heterocycles. The Morgan fingerprint density at radius 2 is 1.58 bits per heavy atom. The lowest BCUT2D eigenvalue weighted by molar-refractivity contribution is -0.122. The van der Waals surface area contributed by atoms with Gasteiger partial charge in [-0.1, -0.05) is 18.2 Å². The van der Waals surface area contributed by atoms with E-state index in [1.165, 1.54) is 0 Å². The van der Waals surface area contributed by atoms with Crippen LogP contribution in [0.5, 0.6) is 5.75 Å². The Labute approximate surface area is 71.0 Å². The van der Waals surface area contributed by atoms with Crippen molar-refractivity contribution in [1.82, 2.24) is 0 Å².